The number of hydrogen-bond acceptors (Lipinski definition) is 13. The van der Waals surface area contributed by atoms with Crippen LogP contribution >= 0.6 is 0 Å². The number of phenolic OH excluding ortho intramolecular Hbond substituents is 2. The number of aromatic hydroxyl groups is 2. The minimum Gasteiger partial charge on any atom is -0.507 e. The number of aliphatic hydroxyl groups is 2. The Kier molecular flexibility index (Phi) is 7.99. The van der Waals surface area contributed by atoms with Crippen molar-refractivity contribution in [2.24, 2.45) is 5.73 Å². The third-order valence-corrected chi connectivity index (χ3v) is 9.13. The smallest absolute Gasteiger partial charge is 0.202 e. The van der Waals surface area contributed by atoms with E-state index in [2.05, 4.69) is 0 Å². The highest BCUT2D eigenvalue weighted by Crippen LogP contribution is 2.52. The number of morpholine rings is 1. The fourth-order valence-corrected chi connectivity index (χ4v) is 6.71. The van der Waals surface area contributed by atoms with E-state index in [0.717, 1.165) is 0 Å². The van der Waals surface area contributed by atoms with Crippen LogP contribution in [-0.4, -0.2) is 113 Å². The number of aliphatic hydroxyl groups excluding tert-OH is 1. The van der Waals surface area contributed by atoms with Crippen molar-refractivity contribution in [1.82, 2.24) is 4.90 Å². The molecule has 0 bridgehead atoms. The molecule has 0 unspecified atom stereocenters. The van der Waals surface area contributed by atoms with Crippen LogP contribution in [0.3, 0.4) is 0 Å². The van der Waals surface area contributed by atoms with Gasteiger partial charge in [-0.2, -0.15) is 0 Å². The quantitative estimate of drug-likeness (QED) is 0.239. The average molecular weight is 613 g/mol. The lowest BCUT2D eigenvalue weighted by molar-refractivity contribution is -0.247. The van der Waals surface area contributed by atoms with E-state index in [4.69, 9.17) is 24.7 Å². The van der Waals surface area contributed by atoms with Crippen molar-refractivity contribution >= 4 is 17.3 Å². The van der Waals surface area contributed by atoms with Gasteiger partial charge in [0.05, 0.1) is 61.9 Å². The van der Waals surface area contributed by atoms with E-state index in [1.54, 1.807) is 6.92 Å². The van der Waals surface area contributed by atoms with Crippen LogP contribution in [0.25, 0.3) is 0 Å². The van der Waals surface area contributed by atoms with Gasteiger partial charge < -0.3 is 45.1 Å². The first-order valence-electron chi connectivity index (χ1n) is 14.6. The fraction of sp³-hybridized carbons (Fsp3) is 0.516. The van der Waals surface area contributed by atoms with Crippen LogP contribution in [0.4, 0.5) is 0 Å². The molecule has 0 amide bonds. The highest BCUT2D eigenvalue weighted by molar-refractivity contribution is 6.31. The molecular formula is C31H36N2O11. The third kappa shape index (κ3) is 4.98. The van der Waals surface area contributed by atoms with Gasteiger partial charge in [-0.3, -0.25) is 19.3 Å². The Morgan fingerprint density at radius 2 is 1.82 bits per heavy atom. The van der Waals surface area contributed by atoms with Gasteiger partial charge in [-0.05, 0) is 13.0 Å². The van der Waals surface area contributed by atoms with Gasteiger partial charge in [0, 0.05) is 55.1 Å². The topological polar surface area (TPSA) is 198 Å². The summed E-state index contributed by atoms with van der Waals surface area (Å²) >= 11 is 0. The molecule has 0 saturated carbocycles. The SMILES string of the molecule is COc1cccc2c1C(=O)c1c(O)c3c(c(O)c1C2=O)C[C@@](O)(C(=O)CN1CCOCC1)C[C@H]3O[C@H]1C[C@@H](N)[C@@H](O)[C@H](C)O1. The monoisotopic (exact) mass is 612 g/mol. The number of ketones is 3. The zero-order valence-corrected chi connectivity index (χ0v) is 24.4. The Hall–Kier alpha value is -3.43. The van der Waals surface area contributed by atoms with Crippen LogP contribution in [0, 0.1) is 0 Å². The van der Waals surface area contributed by atoms with E-state index in [-0.39, 0.29) is 47.4 Å². The molecule has 6 N–H and O–H groups in total. The lowest BCUT2D eigenvalue weighted by Gasteiger charge is -2.42. The second-order valence-electron chi connectivity index (χ2n) is 11.9. The summed E-state index contributed by atoms with van der Waals surface area (Å²) in [5.41, 5.74) is 2.98. The molecule has 44 heavy (non-hydrogen) atoms. The number of carbonyl (C=O) groups excluding carboxylic acids is 3. The van der Waals surface area contributed by atoms with E-state index in [9.17, 15) is 34.8 Å². The first-order chi connectivity index (χ1) is 20.9. The number of nitrogens with two attached hydrogens (primary N) is 1. The fourth-order valence-electron chi connectivity index (χ4n) is 6.71. The van der Waals surface area contributed by atoms with Crippen molar-refractivity contribution in [1.29, 1.82) is 0 Å². The Bertz CT molecular complexity index is 1510. The van der Waals surface area contributed by atoms with Gasteiger partial charge in [0.2, 0.25) is 5.78 Å². The number of carbonyl (C=O) groups is 3. The van der Waals surface area contributed by atoms with Gasteiger partial charge in [-0.15, -0.1) is 0 Å². The van der Waals surface area contributed by atoms with Crippen LogP contribution in [-0.2, 0) is 25.4 Å². The first-order valence-corrected chi connectivity index (χ1v) is 14.6. The molecule has 2 aliphatic carbocycles. The van der Waals surface area contributed by atoms with Gasteiger partial charge in [-0.25, -0.2) is 0 Å². The molecule has 2 fully saturated rings. The minimum absolute atomic E-state index is 0.0177. The van der Waals surface area contributed by atoms with Gasteiger partial charge in [0.15, 0.2) is 17.9 Å². The zero-order chi connectivity index (χ0) is 31.5. The Morgan fingerprint density at radius 3 is 2.50 bits per heavy atom. The van der Waals surface area contributed by atoms with E-state index in [1.165, 1.54) is 25.3 Å². The summed E-state index contributed by atoms with van der Waals surface area (Å²) in [6, 6.07) is 3.76. The molecule has 2 aromatic rings. The molecule has 0 aromatic heterocycles. The number of nitrogens with zero attached hydrogens (tertiary/aromatic N) is 1. The van der Waals surface area contributed by atoms with Gasteiger partial charge >= 0.3 is 0 Å². The summed E-state index contributed by atoms with van der Waals surface area (Å²) < 4.78 is 22.7. The van der Waals surface area contributed by atoms with Gasteiger partial charge in [-0.1, -0.05) is 12.1 Å². The maximum Gasteiger partial charge on any atom is 0.202 e. The number of hydrogen-bond donors (Lipinski definition) is 5. The van der Waals surface area contributed by atoms with Crippen molar-refractivity contribution in [2.75, 3.05) is 40.0 Å². The minimum atomic E-state index is -2.07. The summed E-state index contributed by atoms with van der Waals surface area (Å²) in [7, 11) is 1.35. The molecule has 0 spiro atoms. The molecule has 4 aliphatic rings. The van der Waals surface area contributed by atoms with Crippen LogP contribution in [0.2, 0.25) is 0 Å². The number of fused-ring (bicyclic) bond motifs is 3. The number of ether oxygens (including phenoxy) is 4. The first kappa shape index (κ1) is 30.6. The molecule has 2 saturated heterocycles. The van der Waals surface area contributed by atoms with E-state index in [1.807, 2.05) is 4.90 Å². The maximum atomic E-state index is 13.8. The predicted molar refractivity (Wildman–Crippen MR) is 152 cm³/mol. The Balaban J connectivity index is 1.46. The van der Waals surface area contributed by atoms with E-state index < -0.39 is 82.6 Å². The molecule has 2 aromatic carbocycles. The van der Waals surface area contributed by atoms with Crippen LogP contribution in [0.1, 0.15) is 68.8 Å². The zero-order valence-electron chi connectivity index (χ0n) is 24.4. The molecule has 0 radical (unpaired) electrons. The largest absolute Gasteiger partial charge is 0.507 e. The molecule has 13 heteroatoms. The van der Waals surface area contributed by atoms with Crippen LogP contribution < -0.4 is 10.5 Å². The summed E-state index contributed by atoms with van der Waals surface area (Å²) in [6.07, 6.45) is -4.68. The second-order valence-corrected chi connectivity index (χ2v) is 11.9. The van der Waals surface area contributed by atoms with E-state index in [0.29, 0.717) is 26.3 Å². The molecule has 6 atom stereocenters. The highest BCUT2D eigenvalue weighted by atomic mass is 16.7. The van der Waals surface area contributed by atoms with Crippen LogP contribution in [0.5, 0.6) is 17.2 Å². The standard InChI is InChI=1S/C31H36N2O11/c1-14-26(35)17(32)10-21(43-14)44-19-12-31(40,20(34)13-33-6-8-42-9-7-33)11-16-23(19)30(39)25-24(28(16)37)27(36)15-4-3-5-18(41-2)22(15)29(25)38/h3-5,14,17,19,21,26,35,37,39-40H,6-13,32H2,1-2H3/t14-,17+,19+,21-,26-,31-/m0/s1. The van der Waals surface area contributed by atoms with Crippen molar-refractivity contribution in [3.05, 3.63) is 51.6 Å². The number of rotatable bonds is 6. The average Bonchev–Trinajstić information content (AvgIpc) is 3.00. The summed E-state index contributed by atoms with van der Waals surface area (Å²) in [5, 5.41) is 45.5. The lowest BCUT2D eigenvalue weighted by atomic mass is 9.71. The second kappa shape index (κ2) is 11.5. The third-order valence-electron chi connectivity index (χ3n) is 9.13. The van der Waals surface area contributed by atoms with Crippen molar-refractivity contribution in [2.45, 2.75) is 62.4 Å². The molecule has 236 valence electrons. The number of phenols is 2. The lowest BCUT2D eigenvalue weighted by Crippen LogP contribution is -2.54. The molecule has 13 nitrogen and oxygen atoms in total. The van der Waals surface area contributed by atoms with Gasteiger partial charge in [0.1, 0.15) is 22.8 Å². The van der Waals surface area contributed by atoms with Crippen molar-refractivity contribution < 1.29 is 53.8 Å². The maximum absolute atomic E-state index is 13.8. The Morgan fingerprint density at radius 1 is 1.11 bits per heavy atom. The van der Waals surface area contributed by atoms with Crippen LogP contribution in [0.15, 0.2) is 18.2 Å². The number of methoxy groups -OCH3 is 1. The summed E-state index contributed by atoms with van der Waals surface area (Å²) in [4.78, 5) is 43.1. The van der Waals surface area contributed by atoms with E-state index >= 15 is 0 Å². The molecule has 6 rings (SSSR count). The number of benzene rings is 2. The van der Waals surface area contributed by atoms with Gasteiger partial charge in [0.25, 0.3) is 0 Å². The highest BCUT2D eigenvalue weighted by Gasteiger charge is 2.50. The number of Topliss-reactive ketones (excluding diaryl/α,β-unsaturated/α-hetero) is 1. The molecular weight excluding hydrogens is 576 g/mol. The Labute approximate surface area is 253 Å². The summed E-state index contributed by atoms with van der Waals surface area (Å²) in [6.45, 7) is 3.38. The molecule has 2 heterocycles. The van der Waals surface area contributed by atoms with Crippen molar-refractivity contribution in [3.8, 4) is 17.2 Å². The summed E-state index contributed by atoms with van der Waals surface area (Å²) in [5.74, 6) is -3.12. The van der Waals surface area contributed by atoms with Crippen molar-refractivity contribution in [3.63, 3.8) is 0 Å². The predicted octanol–water partition coefficient (Wildman–Crippen LogP) is 0.341. The molecule has 2 aliphatic heterocycles. The normalized spacial score (nSPS) is 30.3.